The monoisotopic (exact) mass is 489 g/mol. The number of benzene rings is 2. The number of amides is 2. The van der Waals surface area contributed by atoms with Crippen LogP contribution in [0.1, 0.15) is 16.2 Å². The largest absolute Gasteiger partial charge is 0.414 e. The van der Waals surface area contributed by atoms with Crippen molar-refractivity contribution < 1.29 is 22.4 Å². The van der Waals surface area contributed by atoms with Crippen molar-refractivity contribution in [2.24, 2.45) is 0 Å². The van der Waals surface area contributed by atoms with Gasteiger partial charge in [-0.25, -0.2) is 12.7 Å². The van der Waals surface area contributed by atoms with Gasteiger partial charge in [0.1, 0.15) is 0 Å². The Morgan fingerprint density at radius 3 is 2.30 bits per heavy atom. The van der Waals surface area contributed by atoms with E-state index in [4.69, 9.17) is 4.42 Å². The average Bonchev–Trinajstić information content (AvgIpc) is 3.29. The molecule has 12 heteroatoms. The van der Waals surface area contributed by atoms with E-state index in [1.807, 2.05) is 30.3 Å². The number of thioether (sulfide) groups is 1. The van der Waals surface area contributed by atoms with Gasteiger partial charge in [-0.2, -0.15) is 0 Å². The lowest BCUT2D eigenvalue weighted by Gasteiger charge is -2.16. The molecule has 0 spiro atoms. The fourth-order valence-electron chi connectivity index (χ4n) is 2.63. The highest BCUT2D eigenvalue weighted by atomic mass is 32.2. The second-order valence-corrected chi connectivity index (χ2v) is 10.1. The van der Waals surface area contributed by atoms with Crippen LogP contribution in [0.25, 0.3) is 0 Å². The Morgan fingerprint density at radius 2 is 1.67 bits per heavy atom. The van der Waals surface area contributed by atoms with Crippen LogP contribution in [0.5, 0.6) is 0 Å². The highest BCUT2D eigenvalue weighted by Gasteiger charge is 2.18. The summed E-state index contributed by atoms with van der Waals surface area (Å²) in [7, 11) is 0.994. The minimum atomic E-state index is -3.57. The van der Waals surface area contributed by atoms with E-state index in [9.17, 15) is 18.0 Å². The van der Waals surface area contributed by atoms with E-state index in [0.29, 0.717) is 0 Å². The molecule has 3 aromatic rings. The van der Waals surface area contributed by atoms with Crippen molar-refractivity contribution in [1.29, 1.82) is 0 Å². The predicted molar refractivity (Wildman–Crippen MR) is 123 cm³/mol. The zero-order valence-electron chi connectivity index (χ0n) is 18.3. The number of carbonyl (C=O) groups is 2. The van der Waals surface area contributed by atoms with Gasteiger partial charge in [-0.05, 0) is 36.4 Å². The van der Waals surface area contributed by atoms with Gasteiger partial charge in [-0.1, -0.05) is 30.0 Å². The van der Waals surface area contributed by atoms with Crippen LogP contribution >= 0.6 is 11.8 Å². The maximum Gasteiger partial charge on any atom is 0.277 e. The Morgan fingerprint density at radius 1 is 1.00 bits per heavy atom. The first-order valence-corrected chi connectivity index (χ1v) is 12.2. The quantitative estimate of drug-likeness (QED) is 0.453. The summed E-state index contributed by atoms with van der Waals surface area (Å²) in [5.74, 6) is -0.252. The second kappa shape index (κ2) is 10.6. The zero-order valence-corrected chi connectivity index (χ0v) is 19.9. The average molecular weight is 490 g/mol. The number of sulfonamides is 1. The van der Waals surface area contributed by atoms with Gasteiger partial charge in [0, 0.05) is 32.4 Å². The summed E-state index contributed by atoms with van der Waals surface area (Å²) in [6, 6.07) is 14.8. The lowest BCUT2D eigenvalue weighted by atomic mass is 10.2. The Balaban J connectivity index is 1.50. The summed E-state index contributed by atoms with van der Waals surface area (Å²) in [5.41, 5.74) is 1.07. The molecule has 2 aromatic carbocycles. The lowest BCUT2D eigenvalue weighted by molar-refractivity contribution is -0.115. The van der Waals surface area contributed by atoms with Crippen LogP contribution in [0.15, 0.2) is 69.1 Å². The predicted octanol–water partition coefficient (Wildman–Crippen LogP) is 2.00. The Bertz CT molecular complexity index is 1210. The summed E-state index contributed by atoms with van der Waals surface area (Å²) >= 11 is 1.10. The standard InChI is InChI=1S/C21H23N5O5S2/c1-25(2)33(29,30)17-11-9-15(10-12-17)20(28)22-13-18-23-24-21(31-18)32-14-19(27)26(3)16-7-5-4-6-8-16/h4-12H,13-14H2,1-3H3,(H,22,28). The van der Waals surface area contributed by atoms with Crippen molar-refractivity contribution in [3.8, 4) is 0 Å². The Hall–Kier alpha value is -3.22. The zero-order chi connectivity index (χ0) is 24.0. The van der Waals surface area contributed by atoms with Gasteiger partial charge < -0.3 is 14.6 Å². The molecule has 2 amide bonds. The molecule has 1 heterocycles. The van der Waals surface area contributed by atoms with Crippen LogP contribution in [0, 0.1) is 0 Å². The maximum atomic E-state index is 12.3. The number of hydrogen-bond acceptors (Lipinski definition) is 8. The molecule has 0 aliphatic heterocycles. The van der Waals surface area contributed by atoms with E-state index in [2.05, 4.69) is 15.5 Å². The van der Waals surface area contributed by atoms with Crippen LogP contribution in [0.4, 0.5) is 5.69 Å². The highest BCUT2D eigenvalue weighted by Crippen LogP contribution is 2.19. The number of carbonyl (C=O) groups excluding carboxylic acids is 2. The topological polar surface area (TPSA) is 126 Å². The van der Waals surface area contributed by atoms with E-state index >= 15 is 0 Å². The molecule has 0 atom stereocenters. The Labute approximate surface area is 196 Å². The molecule has 1 N–H and O–H groups in total. The fraction of sp³-hybridized carbons (Fsp3) is 0.238. The summed E-state index contributed by atoms with van der Waals surface area (Å²) in [4.78, 5) is 26.3. The SMILES string of the molecule is CN(C(=O)CSc1nnc(CNC(=O)c2ccc(S(=O)(=O)N(C)C)cc2)o1)c1ccccc1. The number of anilines is 1. The molecule has 10 nitrogen and oxygen atoms in total. The van der Waals surface area contributed by atoms with E-state index < -0.39 is 15.9 Å². The third-order valence-corrected chi connectivity index (χ3v) is 7.21. The smallest absolute Gasteiger partial charge is 0.277 e. The van der Waals surface area contributed by atoms with Crippen LogP contribution in [-0.2, 0) is 21.4 Å². The minimum absolute atomic E-state index is 0.0119. The molecule has 0 fully saturated rings. The molecular formula is C21H23N5O5S2. The van der Waals surface area contributed by atoms with Crippen LogP contribution in [0.2, 0.25) is 0 Å². The molecule has 33 heavy (non-hydrogen) atoms. The number of nitrogens with zero attached hydrogens (tertiary/aromatic N) is 4. The van der Waals surface area contributed by atoms with Crippen LogP contribution < -0.4 is 10.2 Å². The summed E-state index contributed by atoms with van der Waals surface area (Å²) in [5, 5.41) is 10.6. The molecule has 0 saturated carbocycles. The number of aromatic nitrogens is 2. The molecular weight excluding hydrogens is 466 g/mol. The van der Waals surface area contributed by atoms with Gasteiger partial charge in [0.05, 0.1) is 17.2 Å². The van der Waals surface area contributed by atoms with Crippen molar-refractivity contribution >= 4 is 39.3 Å². The van der Waals surface area contributed by atoms with E-state index in [1.54, 1.807) is 11.9 Å². The first-order chi connectivity index (χ1) is 15.7. The van der Waals surface area contributed by atoms with E-state index in [0.717, 1.165) is 21.8 Å². The molecule has 0 saturated heterocycles. The first kappa shape index (κ1) is 24.4. The number of para-hydroxylation sites is 1. The first-order valence-electron chi connectivity index (χ1n) is 9.76. The highest BCUT2D eigenvalue weighted by molar-refractivity contribution is 7.99. The molecule has 0 bridgehead atoms. The van der Waals surface area contributed by atoms with Gasteiger partial charge >= 0.3 is 0 Å². The molecule has 3 rings (SSSR count). The van der Waals surface area contributed by atoms with Gasteiger partial charge in [0.15, 0.2) is 0 Å². The maximum absolute atomic E-state index is 12.3. The molecule has 0 aliphatic carbocycles. The van der Waals surface area contributed by atoms with Crippen molar-refractivity contribution in [3.63, 3.8) is 0 Å². The third kappa shape index (κ3) is 6.18. The number of rotatable bonds is 9. The normalized spacial score (nSPS) is 11.4. The van der Waals surface area contributed by atoms with E-state index in [1.165, 1.54) is 38.4 Å². The van der Waals surface area contributed by atoms with Gasteiger partial charge in [-0.15, -0.1) is 10.2 Å². The van der Waals surface area contributed by atoms with Crippen molar-refractivity contribution in [2.75, 3.05) is 31.8 Å². The third-order valence-electron chi connectivity index (χ3n) is 4.58. The molecule has 0 radical (unpaired) electrons. The van der Waals surface area contributed by atoms with Gasteiger partial charge in [0.25, 0.3) is 11.1 Å². The van der Waals surface area contributed by atoms with Gasteiger partial charge in [0.2, 0.25) is 21.8 Å². The summed E-state index contributed by atoms with van der Waals surface area (Å²) < 4.78 is 30.8. The van der Waals surface area contributed by atoms with Crippen molar-refractivity contribution in [1.82, 2.24) is 19.8 Å². The molecule has 0 aliphatic rings. The number of nitrogens with one attached hydrogen (secondary N) is 1. The second-order valence-electron chi connectivity index (χ2n) is 7.03. The Kier molecular flexibility index (Phi) is 7.84. The summed E-state index contributed by atoms with van der Waals surface area (Å²) in [6.07, 6.45) is 0. The van der Waals surface area contributed by atoms with Crippen LogP contribution in [-0.4, -0.2) is 61.6 Å². The molecule has 1 aromatic heterocycles. The fourth-order valence-corrected chi connectivity index (χ4v) is 4.23. The summed E-state index contributed by atoms with van der Waals surface area (Å²) in [6.45, 7) is -0.0119. The molecule has 174 valence electrons. The van der Waals surface area contributed by atoms with E-state index in [-0.39, 0.29) is 39.8 Å². The van der Waals surface area contributed by atoms with Crippen molar-refractivity contribution in [2.45, 2.75) is 16.7 Å². The lowest BCUT2D eigenvalue weighted by Crippen LogP contribution is -2.27. The molecule has 0 unspecified atom stereocenters. The number of hydrogen-bond donors (Lipinski definition) is 1. The van der Waals surface area contributed by atoms with Crippen molar-refractivity contribution in [3.05, 3.63) is 66.1 Å². The van der Waals surface area contributed by atoms with Gasteiger partial charge in [-0.3, -0.25) is 9.59 Å². The minimum Gasteiger partial charge on any atom is -0.414 e. The van der Waals surface area contributed by atoms with Crippen LogP contribution in [0.3, 0.4) is 0 Å².